The number of aliphatic hydroxyl groups excluding tert-OH is 1. The fourth-order valence-electron chi connectivity index (χ4n) is 1.62. The molecule has 106 valence electrons. The number of carbonyl (C=O) groups is 1. The van der Waals surface area contributed by atoms with E-state index in [1.807, 2.05) is 0 Å². The molecule has 1 aromatic rings. The molecular formula is C12H15F3N2O2. The molecule has 0 aliphatic heterocycles. The number of hydrogen-bond acceptors (Lipinski definition) is 3. The summed E-state index contributed by atoms with van der Waals surface area (Å²) in [6, 6.07) is 6.38. The molecule has 7 heteroatoms. The summed E-state index contributed by atoms with van der Waals surface area (Å²) in [4.78, 5) is 12.4. The number of rotatable bonds is 5. The minimum atomic E-state index is -4.49. The van der Waals surface area contributed by atoms with Crippen LogP contribution in [0.5, 0.6) is 0 Å². The lowest BCUT2D eigenvalue weighted by atomic mass is 10.1. The van der Waals surface area contributed by atoms with Crippen LogP contribution in [-0.4, -0.2) is 41.8 Å². The van der Waals surface area contributed by atoms with Crippen LogP contribution in [-0.2, 0) is 11.2 Å². The van der Waals surface area contributed by atoms with Gasteiger partial charge in [0.25, 0.3) is 0 Å². The molecule has 3 N–H and O–H groups in total. The van der Waals surface area contributed by atoms with Crippen molar-refractivity contribution in [2.75, 3.05) is 25.4 Å². The van der Waals surface area contributed by atoms with E-state index < -0.39 is 25.2 Å². The molecule has 1 amide bonds. The Kier molecular flexibility index (Phi) is 5.17. The quantitative estimate of drug-likeness (QED) is 0.794. The van der Waals surface area contributed by atoms with E-state index in [1.54, 1.807) is 18.2 Å². The number of anilines is 1. The van der Waals surface area contributed by atoms with Crippen molar-refractivity contribution in [1.82, 2.24) is 4.90 Å². The van der Waals surface area contributed by atoms with Gasteiger partial charge in [0.2, 0.25) is 5.91 Å². The molecule has 0 saturated heterocycles. The standard InChI is InChI=1S/C12H15F3N2O2/c13-12(14,15)8-17(4-5-18)11(19)7-9-2-1-3-10(16)6-9/h1-3,6,18H,4-5,7-8,16H2. The number of nitrogens with two attached hydrogens (primary N) is 1. The smallest absolute Gasteiger partial charge is 0.399 e. The van der Waals surface area contributed by atoms with Crippen LogP contribution in [0, 0.1) is 0 Å². The first-order chi connectivity index (χ1) is 8.81. The number of halogens is 3. The summed E-state index contributed by atoms with van der Waals surface area (Å²) in [6.07, 6.45) is -4.67. The number of alkyl halides is 3. The first-order valence-electron chi connectivity index (χ1n) is 5.61. The van der Waals surface area contributed by atoms with Gasteiger partial charge < -0.3 is 15.7 Å². The van der Waals surface area contributed by atoms with Crippen molar-refractivity contribution in [3.63, 3.8) is 0 Å². The van der Waals surface area contributed by atoms with Crippen LogP contribution < -0.4 is 5.73 Å². The zero-order valence-electron chi connectivity index (χ0n) is 10.2. The average Bonchev–Trinajstić information content (AvgIpc) is 2.26. The largest absolute Gasteiger partial charge is 0.406 e. The Bertz CT molecular complexity index is 435. The molecule has 0 aromatic heterocycles. The van der Waals surface area contributed by atoms with E-state index in [-0.39, 0.29) is 13.0 Å². The van der Waals surface area contributed by atoms with Crippen LogP contribution in [0.4, 0.5) is 18.9 Å². The van der Waals surface area contributed by atoms with Crippen molar-refractivity contribution in [3.8, 4) is 0 Å². The van der Waals surface area contributed by atoms with Crippen LogP contribution in [0.25, 0.3) is 0 Å². The van der Waals surface area contributed by atoms with Crippen molar-refractivity contribution in [2.45, 2.75) is 12.6 Å². The van der Waals surface area contributed by atoms with E-state index in [2.05, 4.69) is 0 Å². The number of aliphatic hydroxyl groups is 1. The van der Waals surface area contributed by atoms with Crippen LogP contribution in [0.3, 0.4) is 0 Å². The number of benzene rings is 1. The van der Waals surface area contributed by atoms with Crippen molar-refractivity contribution in [2.24, 2.45) is 0 Å². The summed E-state index contributed by atoms with van der Waals surface area (Å²) in [5.74, 6) is -0.697. The molecule has 0 heterocycles. The number of hydrogen-bond donors (Lipinski definition) is 2. The number of amides is 1. The van der Waals surface area contributed by atoms with Gasteiger partial charge in [-0.05, 0) is 17.7 Å². The summed E-state index contributed by atoms with van der Waals surface area (Å²) < 4.78 is 36.9. The minimum absolute atomic E-state index is 0.179. The highest BCUT2D eigenvalue weighted by Gasteiger charge is 2.32. The van der Waals surface area contributed by atoms with Gasteiger partial charge in [0.1, 0.15) is 6.54 Å². The number of nitrogens with zero attached hydrogens (tertiary/aromatic N) is 1. The van der Waals surface area contributed by atoms with E-state index in [9.17, 15) is 18.0 Å². The summed E-state index contributed by atoms with van der Waals surface area (Å²) >= 11 is 0. The summed E-state index contributed by atoms with van der Waals surface area (Å²) in [6.45, 7) is -2.23. The Morgan fingerprint density at radius 2 is 2.05 bits per heavy atom. The van der Waals surface area contributed by atoms with Gasteiger partial charge in [-0.3, -0.25) is 4.79 Å². The van der Waals surface area contributed by atoms with Gasteiger partial charge in [0.15, 0.2) is 0 Å². The Morgan fingerprint density at radius 3 is 2.58 bits per heavy atom. The molecule has 19 heavy (non-hydrogen) atoms. The van der Waals surface area contributed by atoms with Crippen molar-refractivity contribution < 1.29 is 23.1 Å². The number of nitrogen functional groups attached to an aromatic ring is 1. The first kappa shape index (κ1) is 15.3. The maximum absolute atomic E-state index is 12.3. The van der Waals surface area contributed by atoms with E-state index in [4.69, 9.17) is 10.8 Å². The molecule has 0 atom stereocenters. The topological polar surface area (TPSA) is 66.6 Å². The second kappa shape index (κ2) is 6.42. The normalized spacial score (nSPS) is 11.4. The molecule has 0 radical (unpaired) electrons. The predicted octanol–water partition coefficient (Wildman–Crippen LogP) is 1.19. The lowest BCUT2D eigenvalue weighted by molar-refractivity contribution is -0.161. The second-order valence-corrected chi connectivity index (χ2v) is 4.08. The van der Waals surface area contributed by atoms with Gasteiger partial charge in [0.05, 0.1) is 13.0 Å². The van der Waals surface area contributed by atoms with Crippen molar-refractivity contribution >= 4 is 11.6 Å². The molecular weight excluding hydrogens is 261 g/mol. The van der Waals surface area contributed by atoms with Crippen LogP contribution in [0.15, 0.2) is 24.3 Å². The summed E-state index contributed by atoms with van der Waals surface area (Å²) in [5.41, 5.74) is 6.50. The monoisotopic (exact) mass is 276 g/mol. The molecule has 0 aliphatic carbocycles. The highest BCUT2D eigenvalue weighted by Crippen LogP contribution is 2.17. The maximum Gasteiger partial charge on any atom is 0.406 e. The molecule has 1 rings (SSSR count). The van der Waals surface area contributed by atoms with Crippen LogP contribution >= 0.6 is 0 Å². The molecule has 0 fully saturated rings. The minimum Gasteiger partial charge on any atom is -0.399 e. The fourth-order valence-corrected chi connectivity index (χ4v) is 1.62. The van der Waals surface area contributed by atoms with Gasteiger partial charge in [0, 0.05) is 12.2 Å². The van der Waals surface area contributed by atoms with E-state index >= 15 is 0 Å². The highest BCUT2D eigenvalue weighted by molar-refractivity contribution is 5.79. The zero-order valence-corrected chi connectivity index (χ0v) is 10.2. The Labute approximate surface area is 108 Å². The summed E-state index contributed by atoms with van der Waals surface area (Å²) in [7, 11) is 0. The lowest BCUT2D eigenvalue weighted by Crippen LogP contribution is -2.41. The summed E-state index contributed by atoms with van der Waals surface area (Å²) in [5, 5.41) is 8.71. The van der Waals surface area contributed by atoms with Gasteiger partial charge in [-0.1, -0.05) is 12.1 Å². The van der Waals surface area contributed by atoms with Gasteiger partial charge in [-0.15, -0.1) is 0 Å². The van der Waals surface area contributed by atoms with Gasteiger partial charge in [-0.2, -0.15) is 13.2 Å². The third-order valence-corrected chi connectivity index (χ3v) is 2.40. The highest BCUT2D eigenvalue weighted by atomic mass is 19.4. The lowest BCUT2D eigenvalue weighted by Gasteiger charge is -2.23. The Balaban J connectivity index is 2.71. The van der Waals surface area contributed by atoms with Crippen LogP contribution in [0.1, 0.15) is 5.56 Å². The molecule has 0 unspecified atom stereocenters. The van der Waals surface area contributed by atoms with Gasteiger partial charge >= 0.3 is 6.18 Å². The predicted molar refractivity (Wildman–Crippen MR) is 64.3 cm³/mol. The molecule has 4 nitrogen and oxygen atoms in total. The van der Waals surface area contributed by atoms with E-state index in [0.29, 0.717) is 16.2 Å². The van der Waals surface area contributed by atoms with Crippen LogP contribution in [0.2, 0.25) is 0 Å². The molecule has 0 aliphatic rings. The molecule has 0 saturated carbocycles. The molecule has 0 spiro atoms. The average molecular weight is 276 g/mol. The van der Waals surface area contributed by atoms with Crippen molar-refractivity contribution in [3.05, 3.63) is 29.8 Å². The maximum atomic E-state index is 12.3. The molecule has 1 aromatic carbocycles. The van der Waals surface area contributed by atoms with E-state index in [0.717, 1.165) is 0 Å². The van der Waals surface area contributed by atoms with Gasteiger partial charge in [-0.25, -0.2) is 0 Å². The fraction of sp³-hybridized carbons (Fsp3) is 0.417. The van der Waals surface area contributed by atoms with E-state index in [1.165, 1.54) is 6.07 Å². The van der Waals surface area contributed by atoms with Crippen molar-refractivity contribution in [1.29, 1.82) is 0 Å². The zero-order chi connectivity index (χ0) is 14.5. The third kappa shape index (κ3) is 5.60. The third-order valence-electron chi connectivity index (χ3n) is 2.40. The molecule has 0 bridgehead atoms. The Hall–Kier alpha value is -1.76. The Morgan fingerprint density at radius 1 is 1.37 bits per heavy atom. The number of carbonyl (C=O) groups excluding carboxylic acids is 1. The second-order valence-electron chi connectivity index (χ2n) is 4.08. The first-order valence-corrected chi connectivity index (χ1v) is 5.61. The SMILES string of the molecule is Nc1cccc(CC(=O)N(CCO)CC(F)(F)F)c1.